The van der Waals surface area contributed by atoms with Gasteiger partial charge in [-0.15, -0.1) is 0 Å². The Bertz CT molecular complexity index is 456. The molecule has 1 aromatic carbocycles. The third-order valence-corrected chi connectivity index (χ3v) is 3.06. The minimum Gasteiger partial charge on any atom is -0.478 e. The van der Waals surface area contributed by atoms with Crippen molar-refractivity contribution < 1.29 is 14.7 Å². The largest absolute Gasteiger partial charge is 0.478 e. The highest BCUT2D eigenvalue weighted by atomic mass is 35.5. The third kappa shape index (κ3) is 3.47. The van der Waals surface area contributed by atoms with Crippen LogP contribution in [0.5, 0.6) is 0 Å². The number of carboxylic acids is 1. The number of halogens is 1. The fourth-order valence-electron chi connectivity index (χ4n) is 1.70. The summed E-state index contributed by atoms with van der Waals surface area (Å²) in [5.41, 5.74) is 0.283. The van der Waals surface area contributed by atoms with Crippen molar-refractivity contribution in [1.29, 1.82) is 0 Å². The van der Waals surface area contributed by atoms with E-state index in [-0.39, 0.29) is 23.1 Å². The molecule has 4 nitrogen and oxygen atoms in total. The fraction of sp³-hybridized carbons (Fsp3) is 0.385. The van der Waals surface area contributed by atoms with Crippen LogP contribution in [0.2, 0.25) is 5.02 Å². The Hall–Kier alpha value is -1.55. The second kappa shape index (κ2) is 6.40. The number of benzene rings is 1. The maximum absolute atomic E-state index is 11.9. The number of carbonyl (C=O) groups is 2. The van der Waals surface area contributed by atoms with Crippen molar-refractivity contribution in [3.8, 4) is 0 Å². The summed E-state index contributed by atoms with van der Waals surface area (Å²) >= 11 is 5.81. The van der Waals surface area contributed by atoms with Crippen LogP contribution in [0.3, 0.4) is 0 Å². The maximum atomic E-state index is 11.9. The summed E-state index contributed by atoms with van der Waals surface area (Å²) in [7, 11) is 0. The number of nitrogens with one attached hydrogen (secondary N) is 1. The Morgan fingerprint density at radius 2 is 1.94 bits per heavy atom. The second-order valence-electron chi connectivity index (χ2n) is 4.00. The van der Waals surface area contributed by atoms with Gasteiger partial charge in [0.1, 0.15) is 0 Å². The van der Waals surface area contributed by atoms with Crippen LogP contribution in [0.4, 0.5) is 5.69 Å². The van der Waals surface area contributed by atoms with Gasteiger partial charge >= 0.3 is 5.97 Å². The zero-order valence-corrected chi connectivity index (χ0v) is 11.1. The van der Waals surface area contributed by atoms with E-state index in [1.54, 1.807) is 0 Å². The molecule has 2 N–H and O–H groups in total. The van der Waals surface area contributed by atoms with Gasteiger partial charge in [-0.3, -0.25) is 4.79 Å². The lowest BCUT2D eigenvalue weighted by Gasteiger charge is -2.14. The summed E-state index contributed by atoms with van der Waals surface area (Å²) in [5, 5.41) is 12.0. The lowest BCUT2D eigenvalue weighted by molar-refractivity contribution is -0.120. The van der Waals surface area contributed by atoms with Gasteiger partial charge in [-0.1, -0.05) is 25.4 Å². The molecule has 18 heavy (non-hydrogen) atoms. The van der Waals surface area contributed by atoms with Crippen LogP contribution in [0.15, 0.2) is 18.2 Å². The van der Waals surface area contributed by atoms with Crippen LogP contribution >= 0.6 is 11.6 Å². The van der Waals surface area contributed by atoms with Gasteiger partial charge in [-0.05, 0) is 31.0 Å². The van der Waals surface area contributed by atoms with Crippen molar-refractivity contribution in [3.63, 3.8) is 0 Å². The number of amides is 1. The number of carboxylic acid groups (broad SMARTS) is 1. The first-order chi connectivity index (χ1) is 8.49. The normalized spacial score (nSPS) is 10.4. The molecular formula is C13H16ClNO3. The number of hydrogen-bond acceptors (Lipinski definition) is 2. The summed E-state index contributed by atoms with van der Waals surface area (Å²) in [4.78, 5) is 22.9. The molecule has 1 amide bonds. The van der Waals surface area contributed by atoms with E-state index in [9.17, 15) is 9.59 Å². The van der Waals surface area contributed by atoms with E-state index < -0.39 is 5.97 Å². The van der Waals surface area contributed by atoms with Crippen LogP contribution in [-0.4, -0.2) is 17.0 Å². The van der Waals surface area contributed by atoms with Gasteiger partial charge in [0.25, 0.3) is 0 Å². The minimum atomic E-state index is -1.09. The molecule has 0 aliphatic rings. The summed E-state index contributed by atoms with van der Waals surface area (Å²) in [6.07, 6.45) is 1.43. The van der Waals surface area contributed by atoms with Crippen molar-refractivity contribution in [1.82, 2.24) is 0 Å². The quantitative estimate of drug-likeness (QED) is 0.861. The smallest absolute Gasteiger partial charge is 0.337 e. The van der Waals surface area contributed by atoms with Crippen molar-refractivity contribution in [2.75, 3.05) is 5.32 Å². The third-order valence-electron chi connectivity index (χ3n) is 2.83. The molecule has 0 fully saturated rings. The first kappa shape index (κ1) is 14.5. The van der Waals surface area contributed by atoms with Crippen LogP contribution < -0.4 is 5.32 Å². The Balaban J connectivity index is 2.99. The molecule has 1 aromatic rings. The van der Waals surface area contributed by atoms with Crippen LogP contribution in [-0.2, 0) is 4.79 Å². The zero-order chi connectivity index (χ0) is 13.7. The summed E-state index contributed by atoms with van der Waals surface area (Å²) in [6.45, 7) is 3.84. The van der Waals surface area contributed by atoms with E-state index in [0.717, 1.165) is 0 Å². The highest BCUT2D eigenvalue weighted by Gasteiger charge is 2.17. The molecule has 0 bridgehead atoms. The molecule has 98 valence electrons. The average Bonchev–Trinajstić information content (AvgIpc) is 2.30. The molecule has 1 rings (SSSR count). The molecule has 0 spiro atoms. The molecule has 0 aliphatic heterocycles. The Morgan fingerprint density at radius 3 is 2.44 bits per heavy atom. The standard InChI is InChI=1S/C13H16ClNO3/c1-3-8(4-2)12(16)15-11-7-9(14)5-6-10(11)13(17)18/h5-8H,3-4H2,1-2H3,(H,15,16)(H,17,18). The Morgan fingerprint density at radius 1 is 1.33 bits per heavy atom. The monoisotopic (exact) mass is 269 g/mol. The van der Waals surface area contributed by atoms with E-state index in [0.29, 0.717) is 17.9 Å². The van der Waals surface area contributed by atoms with Gasteiger partial charge in [0.15, 0.2) is 0 Å². The topological polar surface area (TPSA) is 66.4 Å². The highest BCUT2D eigenvalue weighted by molar-refractivity contribution is 6.31. The van der Waals surface area contributed by atoms with Crippen LogP contribution in [0.25, 0.3) is 0 Å². The first-order valence-electron chi connectivity index (χ1n) is 5.83. The second-order valence-corrected chi connectivity index (χ2v) is 4.43. The number of hydrogen-bond donors (Lipinski definition) is 2. The Kier molecular flexibility index (Phi) is 5.16. The molecule has 0 aromatic heterocycles. The van der Waals surface area contributed by atoms with Gasteiger partial charge in [0, 0.05) is 10.9 Å². The minimum absolute atomic E-state index is 0.0405. The van der Waals surface area contributed by atoms with Crippen molar-refractivity contribution in [3.05, 3.63) is 28.8 Å². The molecule has 0 radical (unpaired) electrons. The van der Waals surface area contributed by atoms with E-state index in [1.165, 1.54) is 18.2 Å². The van der Waals surface area contributed by atoms with Gasteiger partial charge in [0.2, 0.25) is 5.91 Å². The first-order valence-corrected chi connectivity index (χ1v) is 6.21. The summed E-state index contributed by atoms with van der Waals surface area (Å²) < 4.78 is 0. The lowest BCUT2D eigenvalue weighted by atomic mass is 10.0. The van der Waals surface area contributed by atoms with Crippen molar-refractivity contribution in [2.45, 2.75) is 26.7 Å². The van der Waals surface area contributed by atoms with E-state index in [1.807, 2.05) is 13.8 Å². The predicted molar refractivity (Wildman–Crippen MR) is 71.1 cm³/mol. The van der Waals surface area contributed by atoms with Gasteiger partial charge in [-0.25, -0.2) is 4.79 Å². The molecule has 0 saturated carbocycles. The number of anilines is 1. The van der Waals surface area contributed by atoms with E-state index in [4.69, 9.17) is 16.7 Å². The SMILES string of the molecule is CCC(CC)C(=O)Nc1cc(Cl)ccc1C(=O)O. The van der Waals surface area contributed by atoms with Crippen LogP contribution in [0.1, 0.15) is 37.0 Å². The molecular weight excluding hydrogens is 254 g/mol. The molecule has 0 saturated heterocycles. The van der Waals surface area contributed by atoms with Crippen molar-refractivity contribution in [2.24, 2.45) is 5.92 Å². The molecule has 0 atom stereocenters. The average molecular weight is 270 g/mol. The summed E-state index contributed by atoms with van der Waals surface area (Å²) in [5.74, 6) is -1.39. The van der Waals surface area contributed by atoms with Crippen LogP contribution in [0, 0.1) is 5.92 Å². The molecule has 0 aliphatic carbocycles. The van der Waals surface area contributed by atoms with E-state index >= 15 is 0 Å². The van der Waals surface area contributed by atoms with E-state index in [2.05, 4.69) is 5.32 Å². The fourth-order valence-corrected chi connectivity index (χ4v) is 1.87. The van der Waals surface area contributed by atoms with Gasteiger partial charge in [-0.2, -0.15) is 0 Å². The molecule has 0 heterocycles. The predicted octanol–water partition coefficient (Wildman–Crippen LogP) is 3.41. The highest BCUT2D eigenvalue weighted by Crippen LogP contribution is 2.22. The van der Waals surface area contributed by atoms with Gasteiger partial charge < -0.3 is 10.4 Å². The number of carbonyl (C=O) groups excluding carboxylic acids is 1. The molecule has 5 heteroatoms. The zero-order valence-electron chi connectivity index (χ0n) is 10.4. The Labute approximate surface area is 111 Å². The maximum Gasteiger partial charge on any atom is 0.337 e. The van der Waals surface area contributed by atoms with Crippen molar-refractivity contribution >= 4 is 29.2 Å². The molecule has 0 unspecified atom stereocenters. The summed E-state index contributed by atoms with van der Waals surface area (Å²) in [6, 6.07) is 4.32. The number of rotatable bonds is 5. The van der Waals surface area contributed by atoms with Gasteiger partial charge in [0.05, 0.1) is 11.3 Å². The lowest BCUT2D eigenvalue weighted by Crippen LogP contribution is -2.22. The number of aromatic carboxylic acids is 1.